The number of aliphatic imine (C=N–C) groups is 1. The fraction of sp³-hybridized carbons (Fsp3) is 0.250. The SMILES string of the molecule is CC1C(CN)=CC(C(F)(F)F)=NC1Oc1cccc(C(=O)NCc2cc3ccccc3s2)c1. The van der Waals surface area contributed by atoms with E-state index in [1.807, 2.05) is 30.3 Å². The third kappa shape index (κ3) is 5.26. The number of nitrogens with two attached hydrogens (primary N) is 1. The monoisotopic (exact) mass is 473 g/mol. The topological polar surface area (TPSA) is 76.7 Å². The van der Waals surface area contributed by atoms with Gasteiger partial charge in [0.05, 0.1) is 6.54 Å². The lowest BCUT2D eigenvalue weighted by atomic mass is 9.95. The van der Waals surface area contributed by atoms with Crippen molar-refractivity contribution in [2.75, 3.05) is 6.54 Å². The molecule has 0 saturated heterocycles. The van der Waals surface area contributed by atoms with Gasteiger partial charge >= 0.3 is 6.18 Å². The Morgan fingerprint density at radius 1 is 1.18 bits per heavy atom. The highest BCUT2D eigenvalue weighted by atomic mass is 32.1. The molecular weight excluding hydrogens is 451 g/mol. The number of amides is 1. The summed E-state index contributed by atoms with van der Waals surface area (Å²) in [5, 5.41) is 3.99. The van der Waals surface area contributed by atoms with Crippen molar-refractivity contribution in [1.82, 2.24) is 5.32 Å². The molecule has 2 heterocycles. The summed E-state index contributed by atoms with van der Waals surface area (Å²) in [6.07, 6.45) is -4.72. The molecule has 33 heavy (non-hydrogen) atoms. The van der Waals surface area contributed by atoms with Crippen LogP contribution in [0, 0.1) is 5.92 Å². The van der Waals surface area contributed by atoms with Crippen molar-refractivity contribution in [3.05, 3.63) is 76.7 Å². The highest BCUT2D eigenvalue weighted by Crippen LogP contribution is 2.30. The van der Waals surface area contributed by atoms with Crippen molar-refractivity contribution in [2.45, 2.75) is 25.9 Å². The van der Waals surface area contributed by atoms with E-state index in [1.54, 1.807) is 36.5 Å². The number of benzene rings is 2. The predicted octanol–water partition coefficient (Wildman–Crippen LogP) is 5.07. The molecule has 2 unspecified atom stereocenters. The molecule has 0 aliphatic carbocycles. The van der Waals surface area contributed by atoms with E-state index in [0.717, 1.165) is 21.0 Å². The number of nitrogens with zero attached hydrogens (tertiary/aromatic N) is 1. The Hall–Kier alpha value is -3.17. The van der Waals surface area contributed by atoms with Crippen molar-refractivity contribution in [3.63, 3.8) is 0 Å². The first-order valence-electron chi connectivity index (χ1n) is 10.3. The maximum atomic E-state index is 13.2. The van der Waals surface area contributed by atoms with Crippen molar-refractivity contribution in [1.29, 1.82) is 0 Å². The van der Waals surface area contributed by atoms with E-state index in [1.165, 1.54) is 6.07 Å². The van der Waals surface area contributed by atoms with Gasteiger partial charge in [0, 0.05) is 27.6 Å². The molecule has 4 rings (SSSR count). The summed E-state index contributed by atoms with van der Waals surface area (Å²) >= 11 is 1.60. The summed E-state index contributed by atoms with van der Waals surface area (Å²) in [4.78, 5) is 17.4. The number of dihydropyridines is 1. The standard InChI is InChI=1S/C24H22F3N3O2S/c1-14-17(12-28)11-21(24(25,26)27)30-23(14)32-18-7-4-6-16(9-18)22(31)29-13-19-10-15-5-2-3-8-20(15)33-19/h2-11,14,23H,12-13,28H2,1H3,(H,29,31). The molecule has 9 heteroatoms. The molecule has 172 valence electrons. The van der Waals surface area contributed by atoms with Gasteiger partial charge in [0.25, 0.3) is 5.91 Å². The first kappa shape index (κ1) is 23.0. The molecule has 1 amide bonds. The Morgan fingerprint density at radius 2 is 1.97 bits per heavy atom. The van der Waals surface area contributed by atoms with Gasteiger partial charge in [-0.25, -0.2) is 4.99 Å². The number of ether oxygens (including phenoxy) is 1. The molecule has 1 aromatic heterocycles. The largest absolute Gasteiger partial charge is 0.468 e. The number of hydrogen-bond acceptors (Lipinski definition) is 5. The van der Waals surface area contributed by atoms with Crippen LogP contribution < -0.4 is 15.8 Å². The van der Waals surface area contributed by atoms with Gasteiger partial charge in [-0.3, -0.25) is 4.79 Å². The van der Waals surface area contributed by atoms with Crippen LogP contribution in [0.15, 0.2) is 71.2 Å². The fourth-order valence-electron chi connectivity index (χ4n) is 3.55. The number of allylic oxidation sites excluding steroid dienone is 1. The van der Waals surface area contributed by atoms with Crippen LogP contribution in [0.25, 0.3) is 10.1 Å². The average molecular weight is 474 g/mol. The lowest BCUT2D eigenvalue weighted by Gasteiger charge is -2.28. The van der Waals surface area contributed by atoms with Crippen LogP contribution in [0.4, 0.5) is 13.2 Å². The Balaban J connectivity index is 1.46. The van der Waals surface area contributed by atoms with Gasteiger partial charge < -0.3 is 15.8 Å². The molecule has 3 aromatic rings. The number of alkyl halides is 3. The minimum atomic E-state index is -4.60. The summed E-state index contributed by atoms with van der Waals surface area (Å²) < 4.78 is 46.6. The summed E-state index contributed by atoms with van der Waals surface area (Å²) in [6, 6.07) is 16.3. The van der Waals surface area contributed by atoms with E-state index in [4.69, 9.17) is 10.5 Å². The van der Waals surface area contributed by atoms with Crippen LogP contribution in [0.5, 0.6) is 5.75 Å². The molecule has 1 aliphatic heterocycles. The summed E-state index contributed by atoms with van der Waals surface area (Å²) in [5.41, 5.74) is 5.34. The quantitative estimate of drug-likeness (QED) is 0.525. The Bertz CT molecular complexity index is 1200. The first-order valence-corrected chi connectivity index (χ1v) is 11.1. The fourth-order valence-corrected chi connectivity index (χ4v) is 4.55. The molecule has 0 fully saturated rings. The number of thiophene rings is 1. The summed E-state index contributed by atoms with van der Waals surface area (Å²) in [5.74, 6) is -0.493. The maximum absolute atomic E-state index is 13.2. The molecule has 0 radical (unpaired) electrons. The van der Waals surface area contributed by atoms with Crippen LogP contribution in [-0.2, 0) is 6.54 Å². The van der Waals surface area contributed by atoms with Gasteiger partial charge in [0.1, 0.15) is 11.5 Å². The number of nitrogens with one attached hydrogen (secondary N) is 1. The van der Waals surface area contributed by atoms with E-state index in [9.17, 15) is 18.0 Å². The van der Waals surface area contributed by atoms with Crippen LogP contribution in [0.2, 0.25) is 0 Å². The molecule has 2 aromatic carbocycles. The first-order chi connectivity index (χ1) is 15.7. The lowest BCUT2D eigenvalue weighted by Crippen LogP contribution is -2.36. The van der Waals surface area contributed by atoms with Gasteiger partial charge in [-0.05, 0) is 47.4 Å². The normalized spacial score (nSPS) is 18.6. The molecule has 1 aliphatic rings. The highest BCUT2D eigenvalue weighted by Gasteiger charge is 2.39. The van der Waals surface area contributed by atoms with Crippen molar-refractivity contribution in [3.8, 4) is 5.75 Å². The van der Waals surface area contributed by atoms with Gasteiger partial charge in [-0.15, -0.1) is 11.3 Å². The average Bonchev–Trinajstić information content (AvgIpc) is 3.21. The molecule has 0 bridgehead atoms. The predicted molar refractivity (Wildman–Crippen MR) is 124 cm³/mol. The Morgan fingerprint density at radius 3 is 2.70 bits per heavy atom. The van der Waals surface area contributed by atoms with Crippen molar-refractivity contribution < 1.29 is 22.7 Å². The minimum absolute atomic E-state index is 0.0314. The third-order valence-corrected chi connectivity index (χ3v) is 6.50. The smallest absolute Gasteiger partial charge is 0.433 e. The van der Waals surface area contributed by atoms with E-state index < -0.39 is 24.0 Å². The van der Waals surface area contributed by atoms with Crippen LogP contribution in [-0.4, -0.2) is 30.6 Å². The zero-order valence-corrected chi connectivity index (χ0v) is 18.5. The number of rotatable bonds is 6. The van der Waals surface area contributed by atoms with Crippen molar-refractivity contribution in [2.24, 2.45) is 16.6 Å². The number of halogens is 3. The number of fused-ring (bicyclic) bond motifs is 1. The lowest BCUT2D eigenvalue weighted by molar-refractivity contribution is -0.0593. The van der Waals surface area contributed by atoms with Crippen molar-refractivity contribution >= 4 is 33.0 Å². The number of carbonyl (C=O) groups is 1. The van der Waals surface area contributed by atoms with Gasteiger partial charge in [-0.2, -0.15) is 13.2 Å². The molecule has 3 N–H and O–H groups in total. The zero-order chi connectivity index (χ0) is 23.6. The summed E-state index contributed by atoms with van der Waals surface area (Å²) in [7, 11) is 0. The zero-order valence-electron chi connectivity index (χ0n) is 17.7. The number of carbonyl (C=O) groups excluding carboxylic acids is 1. The second kappa shape index (κ2) is 9.36. The molecule has 0 saturated carbocycles. The second-order valence-electron chi connectivity index (χ2n) is 7.69. The second-order valence-corrected chi connectivity index (χ2v) is 8.86. The van der Waals surface area contributed by atoms with Crippen LogP contribution in [0.3, 0.4) is 0 Å². The minimum Gasteiger partial charge on any atom is -0.468 e. The molecule has 2 atom stereocenters. The number of hydrogen-bond donors (Lipinski definition) is 2. The van der Waals surface area contributed by atoms with E-state index in [2.05, 4.69) is 10.3 Å². The van der Waals surface area contributed by atoms with Gasteiger partial charge in [0.2, 0.25) is 0 Å². The Labute approximate surface area is 192 Å². The molecule has 5 nitrogen and oxygen atoms in total. The van der Waals surface area contributed by atoms with Gasteiger partial charge in [0.15, 0.2) is 6.23 Å². The van der Waals surface area contributed by atoms with Gasteiger partial charge in [-0.1, -0.05) is 31.2 Å². The van der Waals surface area contributed by atoms with E-state index >= 15 is 0 Å². The maximum Gasteiger partial charge on any atom is 0.433 e. The highest BCUT2D eigenvalue weighted by molar-refractivity contribution is 7.19. The molecule has 0 spiro atoms. The molecular formula is C24H22F3N3O2S. The van der Waals surface area contributed by atoms with Crippen LogP contribution >= 0.6 is 11.3 Å². The summed E-state index contributed by atoms with van der Waals surface area (Å²) in [6.45, 7) is 2.05. The van der Waals surface area contributed by atoms with E-state index in [0.29, 0.717) is 17.7 Å². The Kier molecular flexibility index (Phi) is 6.53. The third-order valence-electron chi connectivity index (χ3n) is 5.38. The van der Waals surface area contributed by atoms with Crippen LogP contribution in [0.1, 0.15) is 22.2 Å². The van der Waals surface area contributed by atoms with E-state index in [-0.39, 0.29) is 18.2 Å².